The number of nitrogens with two attached hydrogens (primary N) is 1. The average Bonchev–Trinajstić information content (AvgIpc) is 2.40. The molecule has 0 radical (unpaired) electrons. The highest BCUT2D eigenvalue weighted by Gasteiger charge is 2.17. The molecule has 0 aromatic heterocycles. The maximum Gasteiger partial charge on any atom is 0.0978 e. The molecule has 2 N–H and O–H groups in total. The molecule has 100 valence electrons. The quantitative estimate of drug-likeness (QED) is 0.897. The Morgan fingerprint density at radius 2 is 1.84 bits per heavy atom. The van der Waals surface area contributed by atoms with Crippen molar-refractivity contribution in [1.82, 2.24) is 0 Å². The summed E-state index contributed by atoms with van der Waals surface area (Å²) in [7, 11) is 0. The molecular formula is C16H18ClNO. The molecule has 2 atom stereocenters. The largest absolute Gasteiger partial charge is 0.367 e. The molecule has 2 aromatic rings. The van der Waals surface area contributed by atoms with Gasteiger partial charge in [-0.3, -0.25) is 0 Å². The SMILES string of the molecule is CC(N)C(OCc1ccccc1)c1cccc(Cl)c1. The molecule has 0 bridgehead atoms. The predicted molar refractivity (Wildman–Crippen MR) is 79.1 cm³/mol. The summed E-state index contributed by atoms with van der Waals surface area (Å²) in [6, 6.07) is 17.6. The maximum absolute atomic E-state index is 6.01. The van der Waals surface area contributed by atoms with Gasteiger partial charge in [0.15, 0.2) is 0 Å². The Hall–Kier alpha value is -1.35. The van der Waals surface area contributed by atoms with Gasteiger partial charge in [-0.05, 0) is 30.2 Å². The zero-order valence-electron chi connectivity index (χ0n) is 10.9. The zero-order valence-corrected chi connectivity index (χ0v) is 11.7. The van der Waals surface area contributed by atoms with Gasteiger partial charge in [-0.25, -0.2) is 0 Å². The van der Waals surface area contributed by atoms with Gasteiger partial charge in [0.25, 0.3) is 0 Å². The smallest absolute Gasteiger partial charge is 0.0978 e. The third-order valence-electron chi connectivity index (χ3n) is 2.93. The van der Waals surface area contributed by atoms with Crippen LogP contribution in [0.15, 0.2) is 54.6 Å². The van der Waals surface area contributed by atoms with E-state index in [1.807, 2.05) is 61.5 Å². The molecule has 3 heteroatoms. The van der Waals surface area contributed by atoms with Crippen molar-refractivity contribution in [2.75, 3.05) is 0 Å². The second-order valence-electron chi connectivity index (χ2n) is 4.63. The van der Waals surface area contributed by atoms with Crippen molar-refractivity contribution in [1.29, 1.82) is 0 Å². The number of hydrogen-bond donors (Lipinski definition) is 1. The van der Waals surface area contributed by atoms with Crippen LogP contribution in [0.25, 0.3) is 0 Å². The Morgan fingerprint density at radius 3 is 2.47 bits per heavy atom. The van der Waals surface area contributed by atoms with Gasteiger partial charge in [-0.2, -0.15) is 0 Å². The molecule has 0 aliphatic heterocycles. The van der Waals surface area contributed by atoms with E-state index in [1.165, 1.54) is 0 Å². The third-order valence-corrected chi connectivity index (χ3v) is 3.16. The van der Waals surface area contributed by atoms with Crippen LogP contribution in [-0.2, 0) is 11.3 Å². The van der Waals surface area contributed by atoms with Gasteiger partial charge in [-0.15, -0.1) is 0 Å². The molecule has 2 rings (SSSR count). The lowest BCUT2D eigenvalue weighted by Gasteiger charge is -2.22. The standard InChI is InChI=1S/C16H18ClNO/c1-12(18)16(14-8-5-9-15(17)10-14)19-11-13-6-3-2-4-7-13/h2-10,12,16H,11,18H2,1H3. The van der Waals surface area contributed by atoms with E-state index in [4.69, 9.17) is 22.1 Å². The van der Waals surface area contributed by atoms with Crippen LogP contribution in [0.1, 0.15) is 24.2 Å². The lowest BCUT2D eigenvalue weighted by Crippen LogP contribution is -2.26. The number of halogens is 1. The number of benzene rings is 2. The Morgan fingerprint density at radius 1 is 1.11 bits per heavy atom. The Bertz CT molecular complexity index is 513. The number of hydrogen-bond acceptors (Lipinski definition) is 2. The molecule has 0 aliphatic carbocycles. The summed E-state index contributed by atoms with van der Waals surface area (Å²) >= 11 is 6.01. The molecule has 19 heavy (non-hydrogen) atoms. The first-order valence-electron chi connectivity index (χ1n) is 6.33. The van der Waals surface area contributed by atoms with Crippen LogP contribution in [0.2, 0.25) is 5.02 Å². The molecule has 0 amide bonds. The lowest BCUT2D eigenvalue weighted by atomic mass is 10.0. The summed E-state index contributed by atoms with van der Waals surface area (Å²) in [5, 5.41) is 0.700. The first-order chi connectivity index (χ1) is 9.16. The van der Waals surface area contributed by atoms with Crippen LogP contribution in [0.3, 0.4) is 0 Å². The van der Waals surface area contributed by atoms with Crippen molar-refractivity contribution in [3.05, 3.63) is 70.7 Å². The highest BCUT2D eigenvalue weighted by molar-refractivity contribution is 6.30. The fraction of sp³-hybridized carbons (Fsp3) is 0.250. The van der Waals surface area contributed by atoms with Crippen molar-refractivity contribution < 1.29 is 4.74 Å². The molecule has 0 aliphatic rings. The van der Waals surface area contributed by atoms with Crippen molar-refractivity contribution >= 4 is 11.6 Å². The van der Waals surface area contributed by atoms with Crippen LogP contribution in [0.5, 0.6) is 0 Å². The first-order valence-corrected chi connectivity index (χ1v) is 6.71. The summed E-state index contributed by atoms with van der Waals surface area (Å²) in [6.45, 7) is 2.48. The van der Waals surface area contributed by atoms with Crippen molar-refractivity contribution in [3.8, 4) is 0 Å². The summed E-state index contributed by atoms with van der Waals surface area (Å²) in [6.07, 6.45) is -0.154. The maximum atomic E-state index is 6.01. The van der Waals surface area contributed by atoms with E-state index < -0.39 is 0 Å². The van der Waals surface area contributed by atoms with Crippen LogP contribution in [0, 0.1) is 0 Å². The fourth-order valence-corrected chi connectivity index (χ4v) is 2.19. The van der Waals surface area contributed by atoms with Crippen molar-refractivity contribution in [3.63, 3.8) is 0 Å². The second kappa shape index (κ2) is 6.71. The van der Waals surface area contributed by atoms with Gasteiger partial charge >= 0.3 is 0 Å². The van der Waals surface area contributed by atoms with Gasteiger partial charge in [0, 0.05) is 11.1 Å². The fourth-order valence-electron chi connectivity index (χ4n) is 2.00. The van der Waals surface area contributed by atoms with Crippen LogP contribution < -0.4 is 5.73 Å². The van der Waals surface area contributed by atoms with Gasteiger partial charge < -0.3 is 10.5 Å². The van der Waals surface area contributed by atoms with Crippen LogP contribution >= 0.6 is 11.6 Å². The van der Waals surface area contributed by atoms with E-state index in [0.29, 0.717) is 11.6 Å². The molecule has 2 nitrogen and oxygen atoms in total. The van der Waals surface area contributed by atoms with Crippen LogP contribution in [-0.4, -0.2) is 6.04 Å². The van der Waals surface area contributed by atoms with Crippen molar-refractivity contribution in [2.24, 2.45) is 5.73 Å². The van der Waals surface area contributed by atoms with E-state index in [2.05, 4.69) is 0 Å². The molecule has 0 heterocycles. The summed E-state index contributed by atoms with van der Waals surface area (Å²) < 4.78 is 5.95. The Balaban J connectivity index is 2.09. The zero-order chi connectivity index (χ0) is 13.7. The summed E-state index contributed by atoms with van der Waals surface area (Å²) in [5.74, 6) is 0. The topological polar surface area (TPSA) is 35.2 Å². The average molecular weight is 276 g/mol. The minimum atomic E-state index is -0.154. The molecule has 0 saturated heterocycles. The Labute approximate surface area is 119 Å². The predicted octanol–water partition coefficient (Wildman–Crippen LogP) is 3.95. The highest BCUT2D eigenvalue weighted by atomic mass is 35.5. The van der Waals surface area contributed by atoms with Crippen molar-refractivity contribution in [2.45, 2.75) is 25.7 Å². The third kappa shape index (κ3) is 4.06. The first kappa shape index (κ1) is 14.1. The number of rotatable bonds is 5. The second-order valence-corrected chi connectivity index (χ2v) is 5.07. The Kier molecular flexibility index (Phi) is 4.97. The van der Waals surface area contributed by atoms with Gasteiger partial charge in [0.05, 0.1) is 12.7 Å². The highest BCUT2D eigenvalue weighted by Crippen LogP contribution is 2.24. The molecular weight excluding hydrogens is 258 g/mol. The molecule has 0 fully saturated rings. The van der Waals surface area contributed by atoms with E-state index in [1.54, 1.807) is 0 Å². The normalized spacial score (nSPS) is 14.1. The molecule has 2 aromatic carbocycles. The van der Waals surface area contributed by atoms with E-state index in [9.17, 15) is 0 Å². The molecule has 0 saturated carbocycles. The number of ether oxygens (including phenoxy) is 1. The molecule has 2 unspecified atom stereocenters. The van der Waals surface area contributed by atoms with Crippen LogP contribution in [0.4, 0.5) is 0 Å². The minimum absolute atomic E-state index is 0.0952. The van der Waals surface area contributed by atoms with E-state index in [0.717, 1.165) is 11.1 Å². The molecule has 0 spiro atoms. The van der Waals surface area contributed by atoms with Gasteiger partial charge in [0.1, 0.15) is 0 Å². The summed E-state index contributed by atoms with van der Waals surface area (Å²) in [4.78, 5) is 0. The van der Waals surface area contributed by atoms with Gasteiger partial charge in [-0.1, -0.05) is 54.1 Å². The van der Waals surface area contributed by atoms with E-state index >= 15 is 0 Å². The monoisotopic (exact) mass is 275 g/mol. The summed E-state index contributed by atoms with van der Waals surface area (Å²) in [5.41, 5.74) is 8.16. The van der Waals surface area contributed by atoms with Gasteiger partial charge in [0.2, 0.25) is 0 Å². The van der Waals surface area contributed by atoms with E-state index in [-0.39, 0.29) is 12.1 Å². The lowest BCUT2D eigenvalue weighted by molar-refractivity contribution is 0.0259. The minimum Gasteiger partial charge on any atom is -0.367 e.